The number of unbranched alkanes of at least 4 members (excludes halogenated alkanes) is 1. The predicted molar refractivity (Wildman–Crippen MR) is 117 cm³/mol. The SMILES string of the molecule is CCCCn1c(=O)n2c(CCC)nnc2c2[nH]c(-c3ccccc3OCCC)nc21. The van der Waals surface area contributed by atoms with Crippen LogP contribution >= 0.6 is 0 Å². The number of hydrogen-bond donors (Lipinski definition) is 1. The number of nitrogens with zero attached hydrogens (tertiary/aromatic N) is 5. The first-order chi connectivity index (χ1) is 14.7. The van der Waals surface area contributed by atoms with Gasteiger partial charge in [-0.05, 0) is 31.4 Å². The van der Waals surface area contributed by atoms with Gasteiger partial charge in [-0.15, -0.1) is 10.2 Å². The zero-order valence-electron chi connectivity index (χ0n) is 17.8. The van der Waals surface area contributed by atoms with E-state index in [4.69, 9.17) is 9.72 Å². The lowest BCUT2D eigenvalue weighted by molar-refractivity contribution is 0.318. The highest BCUT2D eigenvalue weighted by Gasteiger charge is 2.20. The Balaban J connectivity index is 1.96. The first-order valence-electron chi connectivity index (χ1n) is 10.8. The van der Waals surface area contributed by atoms with Crippen molar-refractivity contribution in [2.45, 2.75) is 59.4 Å². The number of H-pyrrole nitrogens is 1. The fraction of sp³-hybridized carbons (Fsp3) is 0.455. The summed E-state index contributed by atoms with van der Waals surface area (Å²) in [5, 5.41) is 8.61. The highest BCUT2D eigenvalue weighted by molar-refractivity contribution is 5.88. The van der Waals surface area contributed by atoms with E-state index in [-0.39, 0.29) is 5.69 Å². The molecular formula is C22H28N6O2. The molecule has 8 heteroatoms. The van der Waals surface area contributed by atoms with Crippen molar-refractivity contribution >= 4 is 16.8 Å². The van der Waals surface area contributed by atoms with Crippen LogP contribution in [0.25, 0.3) is 28.2 Å². The van der Waals surface area contributed by atoms with Crippen molar-refractivity contribution in [2.24, 2.45) is 0 Å². The van der Waals surface area contributed by atoms with Crippen molar-refractivity contribution in [1.29, 1.82) is 0 Å². The number of aryl methyl sites for hydroxylation is 2. The molecular weight excluding hydrogens is 380 g/mol. The lowest BCUT2D eigenvalue weighted by Crippen LogP contribution is -2.28. The van der Waals surface area contributed by atoms with E-state index < -0.39 is 0 Å². The van der Waals surface area contributed by atoms with Gasteiger partial charge in [0.15, 0.2) is 11.3 Å². The van der Waals surface area contributed by atoms with Gasteiger partial charge in [-0.3, -0.25) is 4.57 Å². The van der Waals surface area contributed by atoms with Crippen molar-refractivity contribution in [3.63, 3.8) is 0 Å². The number of fused-ring (bicyclic) bond motifs is 3. The molecule has 30 heavy (non-hydrogen) atoms. The number of hydrogen-bond acceptors (Lipinski definition) is 5. The molecule has 8 nitrogen and oxygen atoms in total. The number of imidazole rings is 1. The minimum Gasteiger partial charge on any atom is -0.493 e. The number of para-hydroxylation sites is 1. The van der Waals surface area contributed by atoms with Crippen LogP contribution in [0.2, 0.25) is 0 Å². The van der Waals surface area contributed by atoms with E-state index in [0.29, 0.717) is 42.5 Å². The van der Waals surface area contributed by atoms with Gasteiger partial charge in [0, 0.05) is 13.0 Å². The minimum absolute atomic E-state index is 0.132. The van der Waals surface area contributed by atoms with Gasteiger partial charge >= 0.3 is 5.69 Å². The fourth-order valence-corrected chi connectivity index (χ4v) is 3.64. The summed E-state index contributed by atoms with van der Waals surface area (Å²) in [5.41, 5.74) is 2.59. The van der Waals surface area contributed by atoms with E-state index in [1.807, 2.05) is 24.3 Å². The molecule has 0 bridgehead atoms. The molecule has 0 atom stereocenters. The summed E-state index contributed by atoms with van der Waals surface area (Å²) in [6.07, 6.45) is 4.39. The highest BCUT2D eigenvalue weighted by Crippen LogP contribution is 2.30. The maximum Gasteiger partial charge on any atom is 0.337 e. The van der Waals surface area contributed by atoms with Gasteiger partial charge in [0.25, 0.3) is 0 Å². The Morgan fingerprint density at radius 2 is 1.87 bits per heavy atom. The average Bonchev–Trinajstić information content (AvgIpc) is 3.37. The van der Waals surface area contributed by atoms with Crippen LogP contribution in [0.1, 0.15) is 52.3 Å². The van der Waals surface area contributed by atoms with Crippen LogP contribution in [-0.2, 0) is 13.0 Å². The number of aromatic amines is 1. The molecule has 0 radical (unpaired) electrons. The Morgan fingerprint density at radius 3 is 2.63 bits per heavy atom. The van der Waals surface area contributed by atoms with Crippen LogP contribution in [0.4, 0.5) is 0 Å². The van der Waals surface area contributed by atoms with E-state index in [9.17, 15) is 4.79 Å². The molecule has 0 spiro atoms. The second kappa shape index (κ2) is 8.69. The maximum absolute atomic E-state index is 13.3. The van der Waals surface area contributed by atoms with Crippen molar-refractivity contribution < 1.29 is 4.74 Å². The van der Waals surface area contributed by atoms with Crippen LogP contribution in [0.15, 0.2) is 29.1 Å². The monoisotopic (exact) mass is 408 g/mol. The molecule has 4 aromatic rings. The van der Waals surface area contributed by atoms with E-state index >= 15 is 0 Å². The van der Waals surface area contributed by atoms with Gasteiger partial charge < -0.3 is 9.72 Å². The van der Waals surface area contributed by atoms with Gasteiger partial charge in [-0.2, -0.15) is 0 Å². The average molecular weight is 409 g/mol. The van der Waals surface area contributed by atoms with E-state index in [1.165, 1.54) is 0 Å². The fourth-order valence-electron chi connectivity index (χ4n) is 3.64. The Bertz CT molecular complexity index is 1220. The normalized spacial score (nSPS) is 11.6. The summed E-state index contributed by atoms with van der Waals surface area (Å²) in [6.45, 7) is 7.49. The predicted octanol–water partition coefficient (Wildman–Crippen LogP) is 3.98. The zero-order valence-corrected chi connectivity index (χ0v) is 17.8. The Hall–Kier alpha value is -3.16. The van der Waals surface area contributed by atoms with Gasteiger partial charge in [0.2, 0.25) is 0 Å². The zero-order chi connectivity index (χ0) is 21.1. The Kier molecular flexibility index (Phi) is 5.83. The second-order valence-electron chi connectivity index (χ2n) is 7.44. The Labute approximate surface area is 174 Å². The van der Waals surface area contributed by atoms with Gasteiger partial charge in [-0.1, -0.05) is 39.3 Å². The highest BCUT2D eigenvalue weighted by atomic mass is 16.5. The molecule has 3 aromatic heterocycles. The smallest absolute Gasteiger partial charge is 0.337 e. The van der Waals surface area contributed by atoms with Crippen LogP contribution in [0.3, 0.4) is 0 Å². The molecule has 0 aliphatic carbocycles. The Morgan fingerprint density at radius 1 is 1.03 bits per heavy atom. The van der Waals surface area contributed by atoms with Crippen molar-refractivity contribution in [3.8, 4) is 17.1 Å². The largest absolute Gasteiger partial charge is 0.493 e. The van der Waals surface area contributed by atoms with Crippen LogP contribution < -0.4 is 10.4 Å². The summed E-state index contributed by atoms with van der Waals surface area (Å²) in [5.74, 6) is 2.12. The molecule has 0 saturated carbocycles. The number of rotatable bonds is 9. The molecule has 1 aromatic carbocycles. The van der Waals surface area contributed by atoms with Gasteiger partial charge in [0.1, 0.15) is 22.9 Å². The van der Waals surface area contributed by atoms with E-state index in [0.717, 1.165) is 42.5 Å². The third-order valence-electron chi connectivity index (χ3n) is 5.13. The van der Waals surface area contributed by atoms with Gasteiger partial charge in [-0.25, -0.2) is 14.2 Å². The molecule has 0 amide bonds. The molecule has 158 valence electrons. The third kappa shape index (κ3) is 3.46. The summed E-state index contributed by atoms with van der Waals surface area (Å²) >= 11 is 0. The summed E-state index contributed by atoms with van der Waals surface area (Å²) in [4.78, 5) is 21.5. The van der Waals surface area contributed by atoms with Gasteiger partial charge in [0.05, 0.1) is 12.2 Å². The third-order valence-corrected chi connectivity index (χ3v) is 5.13. The summed E-state index contributed by atoms with van der Waals surface area (Å²) < 4.78 is 9.29. The topological polar surface area (TPSA) is 90.1 Å². The molecule has 4 rings (SSSR count). The second-order valence-corrected chi connectivity index (χ2v) is 7.44. The summed E-state index contributed by atoms with van der Waals surface area (Å²) in [6, 6.07) is 7.81. The summed E-state index contributed by atoms with van der Waals surface area (Å²) in [7, 11) is 0. The first kappa shape index (κ1) is 20.1. The quantitative estimate of drug-likeness (QED) is 0.452. The molecule has 0 aliphatic rings. The van der Waals surface area contributed by atoms with E-state index in [1.54, 1.807) is 8.97 Å². The lowest BCUT2D eigenvalue weighted by atomic mass is 10.2. The maximum atomic E-state index is 13.3. The first-order valence-corrected chi connectivity index (χ1v) is 10.8. The molecule has 0 unspecified atom stereocenters. The standard InChI is InChI=1S/C22H28N6O2/c1-4-7-13-27-20-18(21-26-25-17(10-5-2)28(21)22(27)29)23-19(24-20)15-11-8-9-12-16(15)30-14-6-3/h8-9,11-12H,4-7,10,13-14H2,1-3H3,(H,23,24). The van der Waals surface area contributed by atoms with Crippen LogP contribution in [-0.4, -0.2) is 35.7 Å². The molecule has 0 fully saturated rings. The number of nitrogens with one attached hydrogen (secondary N) is 1. The van der Waals surface area contributed by atoms with Crippen LogP contribution in [0, 0.1) is 0 Å². The molecule has 1 N–H and O–H groups in total. The number of benzene rings is 1. The van der Waals surface area contributed by atoms with Crippen molar-refractivity contribution in [2.75, 3.05) is 6.61 Å². The van der Waals surface area contributed by atoms with Crippen molar-refractivity contribution in [3.05, 3.63) is 40.6 Å². The molecule has 0 saturated heterocycles. The van der Waals surface area contributed by atoms with E-state index in [2.05, 4.69) is 36.0 Å². The minimum atomic E-state index is -0.132. The van der Waals surface area contributed by atoms with Crippen molar-refractivity contribution in [1.82, 2.24) is 29.1 Å². The lowest BCUT2D eigenvalue weighted by Gasteiger charge is -2.08. The molecule has 0 aliphatic heterocycles. The number of aromatic nitrogens is 6. The van der Waals surface area contributed by atoms with Crippen LogP contribution in [0.5, 0.6) is 5.75 Å². The number of ether oxygens (including phenoxy) is 1. The molecule has 3 heterocycles.